The molecule has 3 aromatic rings. The highest BCUT2D eigenvalue weighted by atomic mass is 35.5. The molecule has 0 fully saturated rings. The van der Waals surface area contributed by atoms with Gasteiger partial charge in [0, 0.05) is 5.56 Å². The van der Waals surface area contributed by atoms with Gasteiger partial charge in [0.15, 0.2) is 0 Å². The molecule has 0 radical (unpaired) electrons. The van der Waals surface area contributed by atoms with E-state index in [1.54, 1.807) is 0 Å². The van der Waals surface area contributed by atoms with E-state index in [0.717, 1.165) is 45.0 Å². The fourth-order valence-electron chi connectivity index (χ4n) is 2.42. The molecule has 0 bridgehead atoms. The Hall–Kier alpha value is -1.51. The average molecular weight is 305 g/mol. The van der Waals surface area contributed by atoms with Crippen LogP contribution >= 0.6 is 23.2 Å². The first-order valence-corrected chi connectivity index (χ1v) is 7.47. The molecule has 3 rings (SSSR count). The highest BCUT2D eigenvalue weighted by molar-refractivity contribution is 6.35. The molecule has 0 saturated carbocycles. The SMILES string of the molecule is CCc1cc2[nH]c(CCl)nc2c(-c2ccccc2)c1Cl. The van der Waals surface area contributed by atoms with E-state index in [-0.39, 0.29) is 0 Å². The number of aryl methyl sites for hydroxylation is 1. The lowest BCUT2D eigenvalue weighted by molar-refractivity contribution is 1.13. The molecule has 1 aromatic heterocycles. The van der Waals surface area contributed by atoms with Crippen molar-refractivity contribution in [2.24, 2.45) is 0 Å². The van der Waals surface area contributed by atoms with E-state index in [1.165, 1.54) is 0 Å². The molecule has 102 valence electrons. The lowest BCUT2D eigenvalue weighted by Crippen LogP contribution is -1.89. The van der Waals surface area contributed by atoms with Crippen molar-refractivity contribution in [3.8, 4) is 11.1 Å². The van der Waals surface area contributed by atoms with Gasteiger partial charge in [-0.2, -0.15) is 0 Å². The molecule has 4 heteroatoms. The Morgan fingerprint density at radius 2 is 1.95 bits per heavy atom. The number of rotatable bonds is 3. The third-order valence-corrected chi connectivity index (χ3v) is 4.09. The summed E-state index contributed by atoms with van der Waals surface area (Å²) in [7, 11) is 0. The molecule has 1 N–H and O–H groups in total. The Labute approximate surface area is 127 Å². The number of hydrogen-bond donors (Lipinski definition) is 1. The van der Waals surface area contributed by atoms with Gasteiger partial charge >= 0.3 is 0 Å². The highest BCUT2D eigenvalue weighted by Gasteiger charge is 2.16. The number of aromatic nitrogens is 2. The Morgan fingerprint density at radius 1 is 1.20 bits per heavy atom. The summed E-state index contributed by atoms with van der Waals surface area (Å²) in [6.45, 7) is 2.10. The van der Waals surface area contributed by atoms with Gasteiger partial charge in [-0.1, -0.05) is 48.9 Å². The second-order valence-electron chi connectivity index (χ2n) is 4.66. The number of halogens is 2. The van der Waals surface area contributed by atoms with Crippen molar-refractivity contribution in [3.63, 3.8) is 0 Å². The molecule has 20 heavy (non-hydrogen) atoms. The Kier molecular flexibility index (Phi) is 3.68. The maximum atomic E-state index is 6.59. The van der Waals surface area contributed by atoms with Gasteiger partial charge in [-0.25, -0.2) is 4.98 Å². The average Bonchev–Trinajstić information content (AvgIpc) is 2.90. The molecular weight excluding hydrogens is 291 g/mol. The second-order valence-corrected chi connectivity index (χ2v) is 5.30. The lowest BCUT2D eigenvalue weighted by atomic mass is 10.00. The zero-order valence-corrected chi connectivity index (χ0v) is 12.6. The van der Waals surface area contributed by atoms with Crippen LogP contribution in [0.25, 0.3) is 22.2 Å². The van der Waals surface area contributed by atoms with Crippen molar-refractivity contribution < 1.29 is 0 Å². The fourth-order valence-corrected chi connectivity index (χ4v) is 2.94. The van der Waals surface area contributed by atoms with Crippen molar-refractivity contribution in [3.05, 3.63) is 52.8 Å². The number of fused-ring (bicyclic) bond motifs is 1. The van der Waals surface area contributed by atoms with Crippen LogP contribution in [0.3, 0.4) is 0 Å². The van der Waals surface area contributed by atoms with Gasteiger partial charge in [0.1, 0.15) is 5.82 Å². The van der Waals surface area contributed by atoms with Crippen LogP contribution in [0.4, 0.5) is 0 Å². The van der Waals surface area contributed by atoms with E-state index in [1.807, 2.05) is 18.2 Å². The zero-order chi connectivity index (χ0) is 14.1. The molecule has 0 aliphatic carbocycles. The number of imidazole rings is 1. The van der Waals surface area contributed by atoms with Crippen molar-refractivity contribution in [1.82, 2.24) is 9.97 Å². The minimum absolute atomic E-state index is 0.363. The summed E-state index contributed by atoms with van der Waals surface area (Å²) in [5.41, 5.74) is 5.04. The van der Waals surface area contributed by atoms with Gasteiger partial charge in [-0.15, -0.1) is 11.6 Å². The van der Waals surface area contributed by atoms with Gasteiger partial charge in [0.25, 0.3) is 0 Å². The molecule has 0 amide bonds. The largest absolute Gasteiger partial charge is 0.341 e. The molecular formula is C16H14Cl2N2. The van der Waals surface area contributed by atoms with Crippen LogP contribution < -0.4 is 0 Å². The molecule has 0 saturated heterocycles. The first-order valence-electron chi connectivity index (χ1n) is 6.56. The predicted molar refractivity (Wildman–Crippen MR) is 85.5 cm³/mol. The third-order valence-electron chi connectivity index (χ3n) is 3.41. The Balaban J connectivity index is 2.37. The number of hydrogen-bond acceptors (Lipinski definition) is 1. The van der Waals surface area contributed by atoms with Crippen LogP contribution in [0.2, 0.25) is 5.02 Å². The van der Waals surface area contributed by atoms with E-state index in [0.29, 0.717) is 5.88 Å². The normalized spacial score (nSPS) is 11.2. The monoisotopic (exact) mass is 304 g/mol. The summed E-state index contributed by atoms with van der Waals surface area (Å²) in [6, 6.07) is 12.2. The summed E-state index contributed by atoms with van der Waals surface area (Å²) < 4.78 is 0. The van der Waals surface area contributed by atoms with Crippen molar-refractivity contribution in [2.45, 2.75) is 19.2 Å². The first kappa shape index (κ1) is 13.5. The maximum absolute atomic E-state index is 6.59. The number of aromatic amines is 1. The topological polar surface area (TPSA) is 28.7 Å². The minimum atomic E-state index is 0.363. The lowest BCUT2D eigenvalue weighted by Gasteiger charge is -2.10. The molecule has 2 nitrogen and oxygen atoms in total. The molecule has 0 aliphatic rings. The standard InChI is InChI=1S/C16H14Cl2N2/c1-2-10-8-12-16(20-13(9-17)19-12)14(15(10)18)11-6-4-3-5-7-11/h3-8H,2,9H2,1H3,(H,19,20). The van der Waals surface area contributed by atoms with Crippen LogP contribution in [0.1, 0.15) is 18.3 Å². The Morgan fingerprint density at radius 3 is 2.60 bits per heavy atom. The molecule has 2 aromatic carbocycles. The summed E-state index contributed by atoms with van der Waals surface area (Å²) in [5, 5.41) is 0.777. The van der Waals surface area contributed by atoms with Gasteiger partial charge in [0.05, 0.1) is 21.9 Å². The van der Waals surface area contributed by atoms with E-state index >= 15 is 0 Å². The van der Waals surface area contributed by atoms with Crippen LogP contribution in [-0.4, -0.2) is 9.97 Å². The zero-order valence-electron chi connectivity index (χ0n) is 11.1. The van der Waals surface area contributed by atoms with Gasteiger partial charge in [-0.3, -0.25) is 0 Å². The van der Waals surface area contributed by atoms with E-state index in [9.17, 15) is 0 Å². The van der Waals surface area contributed by atoms with Crippen molar-refractivity contribution in [2.75, 3.05) is 0 Å². The smallest absolute Gasteiger partial charge is 0.122 e. The highest BCUT2D eigenvalue weighted by Crippen LogP contribution is 2.37. The quantitative estimate of drug-likeness (QED) is 0.663. The molecule has 0 aliphatic heterocycles. The van der Waals surface area contributed by atoms with Crippen LogP contribution in [0.5, 0.6) is 0 Å². The summed E-state index contributed by atoms with van der Waals surface area (Å²) in [5.74, 6) is 1.13. The summed E-state index contributed by atoms with van der Waals surface area (Å²) in [6.07, 6.45) is 0.879. The molecule has 1 heterocycles. The van der Waals surface area contributed by atoms with Crippen LogP contribution in [0.15, 0.2) is 36.4 Å². The number of alkyl halides is 1. The summed E-state index contributed by atoms with van der Waals surface area (Å²) in [4.78, 5) is 7.83. The van der Waals surface area contributed by atoms with E-state index in [4.69, 9.17) is 23.2 Å². The van der Waals surface area contributed by atoms with Crippen LogP contribution in [-0.2, 0) is 12.3 Å². The third kappa shape index (κ3) is 2.19. The molecule has 0 unspecified atom stereocenters. The molecule has 0 atom stereocenters. The van der Waals surface area contributed by atoms with Crippen molar-refractivity contribution >= 4 is 34.2 Å². The second kappa shape index (κ2) is 5.47. The first-order chi connectivity index (χ1) is 9.74. The van der Waals surface area contributed by atoms with Gasteiger partial charge in [-0.05, 0) is 23.6 Å². The van der Waals surface area contributed by atoms with Crippen LogP contribution in [0, 0.1) is 0 Å². The number of nitrogens with zero attached hydrogens (tertiary/aromatic N) is 1. The number of H-pyrrole nitrogens is 1. The number of benzene rings is 2. The maximum Gasteiger partial charge on any atom is 0.122 e. The fraction of sp³-hybridized carbons (Fsp3) is 0.188. The van der Waals surface area contributed by atoms with Gasteiger partial charge < -0.3 is 4.98 Å². The van der Waals surface area contributed by atoms with Crippen molar-refractivity contribution in [1.29, 1.82) is 0 Å². The summed E-state index contributed by atoms with van der Waals surface area (Å²) >= 11 is 12.5. The van der Waals surface area contributed by atoms with E-state index in [2.05, 4.69) is 35.1 Å². The minimum Gasteiger partial charge on any atom is -0.341 e. The Bertz CT molecular complexity index is 748. The molecule has 0 spiro atoms. The predicted octanol–water partition coefficient (Wildman–Crippen LogP) is 5.18. The number of nitrogens with one attached hydrogen (secondary N) is 1. The van der Waals surface area contributed by atoms with E-state index < -0.39 is 0 Å². The van der Waals surface area contributed by atoms with Gasteiger partial charge in [0.2, 0.25) is 0 Å².